The second kappa shape index (κ2) is 8.66. The van der Waals surface area contributed by atoms with Gasteiger partial charge in [-0.2, -0.15) is 0 Å². The fourth-order valence-corrected chi connectivity index (χ4v) is 1.64. The minimum atomic E-state index is 0.0132. The highest BCUT2D eigenvalue weighted by atomic mass is 16.1. The molecule has 0 bridgehead atoms. The summed E-state index contributed by atoms with van der Waals surface area (Å²) in [7, 11) is 1.83. The molecule has 4 heteroatoms. The lowest BCUT2D eigenvalue weighted by Crippen LogP contribution is -2.27. The second-order valence-electron chi connectivity index (χ2n) is 4.26. The zero-order valence-electron chi connectivity index (χ0n) is 11.3. The molecule has 0 aromatic heterocycles. The van der Waals surface area contributed by atoms with Crippen molar-refractivity contribution in [1.29, 1.82) is 0 Å². The van der Waals surface area contributed by atoms with Gasteiger partial charge in [0.1, 0.15) is 0 Å². The first-order chi connectivity index (χ1) is 8.77. The van der Waals surface area contributed by atoms with Gasteiger partial charge in [-0.15, -0.1) is 0 Å². The monoisotopic (exact) mass is 249 g/mol. The molecule has 0 saturated carbocycles. The Labute approximate surface area is 109 Å². The quantitative estimate of drug-likeness (QED) is 0.486. The van der Waals surface area contributed by atoms with Crippen LogP contribution >= 0.6 is 0 Å². The fraction of sp³-hybridized carbons (Fsp3) is 0.500. The van der Waals surface area contributed by atoms with Gasteiger partial charge in [0, 0.05) is 18.7 Å². The number of benzene rings is 1. The summed E-state index contributed by atoms with van der Waals surface area (Å²) in [5.74, 6) is 0.0132. The first-order valence-corrected chi connectivity index (χ1v) is 6.54. The minimum absolute atomic E-state index is 0.0132. The maximum atomic E-state index is 11.8. The third-order valence-corrected chi connectivity index (χ3v) is 2.75. The molecule has 0 aliphatic rings. The molecular formula is C14H23N3O. The van der Waals surface area contributed by atoms with Crippen LogP contribution in [-0.4, -0.2) is 19.5 Å². The van der Waals surface area contributed by atoms with Gasteiger partial charge >= 0.3 is 0 Å². The third kappa shape index (κ3) is 5.29. The SMILES string of the molecule is CCCCCNC(=O)c1ccc(CNNC)cc1. The molecule has 0 saturated heterocycles. The Morgan fingerprint density at radius 3 is 2.50 bits per heavy atom. The van der Waals surface area contributed by atoms with Gasteiger partial charge in [0.2, 0.25) is 0 Å². The Bertz CT molecular complexity index is 349. The standard InChI is InChI=1S/C14H23N3O/c1-3-4-5-10-16-14(18)13-8-6-12(7-9-13)11-17-15-2/h6-9,15,17H,3-5,10-11H2,1-2H3,(H,16,18). The Balaban J connectivity index is 2.38. The summed E-state index contributed by atoms with van der Waals surface area (Å²) >= 11 is 0. The average Bonchev–Trinajstić information content (AvgIpc) is 2.41. The molecule has 1 aromatic rings. The zero-order chi connectivity index (χ0) is 13.2. The highest BCUT2D eigenvalue weighted by Gasteiger charge is 2.03. The molecule has 1 rings (SSSR count). The van der Waals surface area contributed by atoms with E-state index in [1.165, 1.54) is 6.42 Å². The molecule has 1 amide bonds. The maximum absolute atomic E-state index is 11.8. The number of hydrazine groups is 1. The summed E-state index contributed by atoms with van der Waals surface area (Å²) in [6, 6.07) is 7.65. The van der Waals surface area contributed by atoms with Crippen molar-refractivity contribution < 1.29 is 4.79 Å². The van der Waals surface area contributed by atoms with Crippen LogP contribution in [0, 0.1) is 0 Å². The molecule has 0 aliphatic heterocycles. The molecule has 0 fully saturated rings. The average molecular weight is 249 g/mol. The summed E-state index contributed by atoms with van der Waals surface area (Å²) < 4.78 is 0. The lowest BCUT2D eigenvalue weighted by atomic mass is 10.1. The maximum Gasteiger partial charge on any atom is 0.251 e. The molecule has 0 unspecified atom stereocenters. The fourth-order valence-electron chi connectivity index (χ4n) is 1.64. The van der Waals surface area contributed by atoms with Crippen molar-refractivity contribution in [1.82, 2.24) is 16.2 Å². The van der Waals surface area contributed by atoms with Gasteiger partial charge in [0.25, 0.3) is 5.91 Å². The molecule has 1 aromatic carbocycles. The highest BCUT2D eigenvalue weighted by Crippen LogP contribution is 2.04. The van der Waals surface area contributed by atoms with E-state index >= 15 is 0 Å². The van der Waals surface area contributed by atoms with E-state index in [2.05, 4.69) is 23.1 Å². The zero-order valence-corrected chi connectivity index (χ0v) is 11.3. The van der Waals surface area contributed by atoms with Gasteiger partial charge < -0.3 is 5.32 Å². The highest BCUT2D eigenvalue weighted by molar-refractivity contribution is 5.94. The number of carbonyl (C=O) groups is 1. The lowest BCUT2D eigenvalue weighted by molar-refractivity contribution is 0.0953. The first kappa shape index (κ1) is 14.7. The Morgan fingerprint density at radius 2 is 1.89 bits per heavy atom. The van der Waals surface area contributed by atoms with Crippen molar-refractivity contribution in [2.45, 2.75) is 32.7 Å². The van der Waals surface area contributed by atoms with Crippen LogP contribution < -0.4 is 16.2 Å². The largest absolute Gasteiger partial charge is 0.352 e. The van der Waals surface area contributed by atoms with E-state index in [1.807, 2.05) is 31.3 Å². The van der Waals surface area contributed by atoms with Crippen molar-refractivity contribution in [3.63, 3.8) is 0 Å². The molecular weight excluding hydrogens is 226 g/mol. The first-order valence-electron chi connectivity index (χ1n) is 6.54. The van der Waals surface area contributed by atoms with Gasteiger partial charge in [-0.25, -0.2) is 0 Å². The third-order valence-electron chi connectivity index (χ3n) is 2.75. The van der Waals surface area contributed by atoms with Crippen LogP contribution in [0.1, 0.15) is 42.1 Å². The molecule has 100 valence electrons. The van der Waals surface area contributed by atoms with E-state index in [1.54, 1.807) is 0 Å². The molecule has 0 atom stereocenters. The van der Waals surface area contributed by atoms with Crippen LogP contribution in [0.15, 0.2) is 24.3 Å². The summed E-state index contributed by atoms with van der Waals surface area (Å²) in [5.41, 5.74) is 7.74. The predicted molar refractivity (Wildman–Crippen MR) is 74.2 cm³/mol. The van der Waals surface area contributed by atoms with E-state index in [0.29, 0.717) is 0 Å². The molecule has 0 spiro atoms. The predicted octanol–water partition coefficient (Wildman–Crippen LogP) is 1.83. The summed E-state index contributed by atoms with van der Waals surface area (Å²) in [5, 5.41) is 2.93. The van der Waals surface area contributed by atoms with Gasteiger partial charge in [-0.1, -0.05) is 31.9 Å². The van der Waals surface area contributed by atoms with E-state index in [0.717, 1.165) is 37.1 Å². The number of nitrogens with one attached hydrogen (secondary N) is 3. The van der Waals surface area contributed by atoms with E-state index < -0.39 is 0 Å². The van der Waals surface area contributed by atoms with Crippen molar-refractivity contribution in [2.24, 2.45) is 0 Å². The number of hydrogen-bond acceptors (Lipinski definition) is 3. The molecule has 0 radical (unpaired) electrons. The van der Waals surface area contributed by atoms with Gasteiger partial charge in [0.15, 0.2) is 0 Å². The minimum Gasteiger partial charge on any atom is -0.352 e. The number of hydrogen-bond donors (Lipinski definition) is 3. The van der Waals surface area contributed by atoms with Crippen LogP contribution in [0.4, 0.5) is 0 Å². The van der Waals surface area contributed by atoms with Crippen LogP contribution in [-0.2, 0) is 6.54 Å². The Morgan fingerprint density at radius 1 is 1.17 bits per heavy atom. The molecule has 18 heavy (non-hydrogen) atoms. The van der Waals surface area contributed by atoms with Crippen LogP contribution in [0.3, 0.4) is 0 Å². The Kier molecular flexibility index (Phi) is 7.06. The number of amides is 1. The molecule has 0 aliphatic carbocycles. The summed E-state index contributed by atoms with van der Waals surface area (Å²) in [4.78, 5) is 11.8. The number of carbonyl (C=O) groups excluding carboxylic acids is 1. The van der Waals surface area contributed by atoms with Gasteiger partial charge in [-0.3, -0.25) is 15.6 Å². The summed E-state index contributed by atoms with van der Waals surface area (Å²) in [6.07, 6.45) is 3.38. The van der Waals surface area contributed by atoms with Crippen LogP contribution in [0.5, 0.6) is 0 Å². The number of unbranched alkanes of at least 4 members (excludes halogenated alkanes) is 2. The number of rotatable bonds is 8. The molecule has 0 heterocycles. The normalized spacial score (nSPS) is 10.3. The van der Waals surface area contributed by atoms with Crippen LogP contribution in [0.2, 0.25) is 0 Å². The topological polar surface area (TPSA) is 53.2 Å². The Hall–Kier alpha value is -1.39. The molecule has 4 nitrogen and oxygen atoms in total. The smallest absolute Gasteiger partial charge is 0.251 e. The van der Waals surface area contributed by atoms with Crippen molar-refractivity contribution in [3.05, 3.63) is 35.4 Å². The van der Waals surface area contributed by atoms with Gasteiger partial charge in [0.05, 0.1) is 0 Å². The summed E-state index contributed by atoms with van der Waals surface area (Å²) in [6.45, 7) is 3.66. The van der Waals surface area contributed by atoms with Gasteiger partial charge in [-0.05, 0) is 31.2 Å². The molecule has 3 N–H and O–H groups in total. The lowest BCUT2D eigenvalue weighted by Gasteiger charge is -2.06. The van der Waals surface area contributed by atoms with Crippen LogP contribution in [0.25, 0.3) is 0 Å². The van der Waals surface area contributed by atoms with Crippen molar-refractivity contribution >= 4 is 5.91 Å². The second-order valence-corrected chi connectivity index (χ2v) is 4.26. The van der Waals surface area contributed by atoms with E-state index in [-0.39, 0.29) is 5.91 Å². The van der Waals surface area contributed by atoms with E-state index in [9.17, 15) is 4.79 Å². The van der Waals surface area contributed by atoms with E-state index in [4.69, 9.17) is 0 Å². The van der Waals surface area contributed by atoms with Crippen molar-refractivity contribution in [2.75, 3.05) is 13.6 Å². The van der Waals surface area contributed by atoms with Crippen molar-refractivity contribution in [3.8, 4) is 0 Å².